The standard InChI is InChI=1S/C29H29F2N3O2/c1-36-23-8-10-29-25(16-23)24(11-13-33-29)28(31)9-7-20-12-15-34(18-22(20)19-35)14-3-5-21-4-2-6-27(30)26(21)17-32/h2,4,6,8,10-11,13,16,20,22,28,35H,7,9,12,14-15,18-19H2,1H3/t20-,22-,28+/m1/s1. The van der Waals surface area contributed by atoms with Gasteiger partial charge in [0.25, 0.3) is 0 Å². The van der Waals surface area contributed by atoms with Gasteiger partial charge >= 0.3 is 0 Å². The van der Waals surface area contributed by atoms with E-state index < -0.39 is 12.0 Å². The number of rotatable bonds is 7. The van der Waals surface area contributed by atoms with Crippen LogP contribution in [0.2, 0.25) is 0 Å². The van der Waals surface area contributed by atoms with Gasteiger partial charge in [0.15, 0.2) is 0 Å². The zero-order valence-corrected chi connectivity index (χ0v) is 20.3. The van der Waals surface area contributed by atoms with Crippen LogP contribution in [0.5, 0.6) is 5.75 Å². The number of likely N-dealkylation sites (tertiary alicyclic amines) is 1. The van der Waals surface area contributed by atoms with Crippen molar-refractivity contribution in [2.45, 2.75) is 25.4 Å². The summed E-state index contributed by atoms with van der Waals surface area (Å²) >= 11 is 0. The number of nitrogens with zero attached hydrogens (tertiary/aromatic N) is 3. The molecular weight excluding hydrogens is 460 g/mol. The fourth-order valence-electron chi connectivity index (χ4n) is 4.94. The number of aliphatic hydroxyl groups excluding tert-OH is 1. The number of benzene rings is 2. The van der Waals surface area contributed by atoms with Gasteiger partial charge in [-0.2, -0.15) is 5.26 Å². The Morgan fingerprint density at radius 1 is 1.25 bits per heavy atom. The molecule has 5 nitrogen and oxygen atoms in total. The number of pyridine rings is 1. The van der Waals surface area contributed by atoms with Crippen LogP contribution in [0.1, 0.15) is 42.1 Å². The number of fused-ring (bicyclic) bond motifs is 1. The lowest BCUT2D eigenvalue weighted by molar-refractivity contribution is 0.0708. The van der Waals surface area contributed by atoms with Gasteiger partial charge in [0.05, 0.1) is 19.2 Å². The van der Waals surface area contributed by atoms with Crippen molar-refractivity contribution in [1.29, 1.82) is 5.26 Å². The van der Waals surface area contributed by atoms with Gasteiger partial charge in [0, 0.05) is 30.3 Å². The van der Waals surface area contributed by atoms with Crippen molar-refractivity contribution >= 4 is 10.9 Å². The predicted molar refractivity (Wildman–Crippen MR) is 134 cm³/mol. The number of nitriles is 1. The van der Waals surface area contributed by atoms with Crippen molar-refractivity contribution in [1.82, 2.24) is 9.88 Å². The van der Waals surface area contributed by atoms with E-state index >= 15 is 4.39 Å². The molecule has 1 aliphatic rings. The number of hydrogen-bond acceptors (Lipinski definition) is 5. The van der Waals surface area contributed by atoms with Crippen LogP contribution >= 0.6 is 0 Å². The van der Waals surface area contributed by atoms with E-state index in [9.17, 15) is 9.50 Å². The molecule has 0 aliphatic carbocycles. The van der Waals surface area contributed by atoms with Gasteiger partial charge in [-0.05, 0) is 79.6 Å². The molecule has 2 heterocycles. The molecule has 1 aromatic heterocycles. The molecule has 2 aromatic carbocycles. The molecule has 4 rings (SSSR count). The lowest BCUT2D eigenvalue weighted by Crippen LogP contribution is -2.42. The molecule has 0 amide bonds. The molecule has 1 aliphatic heterocycles. The molecule has 0 radical (unpaired) electrons. The van der Waals surface area contributed by atoms with E-state index in [2.05, 4.69) is 21.7 Å². The normalized spacial score (nSPS) is 18.8. The number of hydrogen-bond donors (Lipinski definition) is 1. The summed E-state index contributed by atoms with van der Waals surface area (Å²) in [5.74, 6) is 6.27. The highest BCUT2D eigenvalue weighted by Crippen LogP contribution is 2.35. The molecule has 1 N–H and O–H groups in total. The molecule has 186 valence electrons. The van der Waals surface area contributed by atoms with Gasteiger partial charge in [0.1, 0.15) is 29.4 Å². The average Bonchev–Trinajstić information content (AvgIpc) is 2.91. The predicted octanol–water partition coefficient (Wildman–Crippen LogP) is 5.03. The Labute approximate surface area is 210 Å². The van der Waals surface area contributed by atoms with Gasteiger partial charge < -0.3 is 9.84 Å². The van der Waals surface area contributed by atoms with Crippen LogP contribution < -0.4 is 4.74 Å². The number of aromatic nitrogens is 1. The van der Waals surface area contributed by atoms with Crippen LogP contribution in [-0.2, 0) is 0 Å². The zero-order valence-electron chi connectivity index (χ0n) is 20.3. The van der Waals surface area contributed by atoms with Crippen molar-refractivity contribution in [3.63, 3.8) is 0 Å². The van der Waals surface area contributed by atoms with E-state index in [0.29, 0.717) is 42.8 Å². The third-order valence-electron chi connectivity index (χ3n) is 6.97. The first kappa shape index (κ1) is 25.6. The monoisotopic (exact) mass is 489 g/mol. The minimum Gasteiger partial charge on any atom is -0.497 e. The summed E-state index contributed by atoms with van der Waals surface area (Å²) in [5, 5.41) is 19.9. The lowest BCUT2D eigenvalue weighted by Gasteiger charge is -2.37. The van der Waals surface area contributed by atoms with E-state index in [-0.39, 0.29) is 24.0 Å². The Balaban J connectivity index is 1.35. The van der Waals surface area contributed by atoms with Crippen LogP contribution in [-0.4, -0.2) is 48.3 Å². The van der Waals surface area contributed by atoms with Gasteiger partial charge in [0.2, 0.25) is 0 Å². The maximum absolute atomic E-state index is 15.4. The number of ether oxygens (including phenoxy) is 1. The van der Waals surface area contributed by atoms with E-state index in [1.807, 2.05) is 24.3 Å². The first-order valence-corrected chi connectivity index (χ1v) is 12.1. The third kappa shape index (κ3) is 5.82. The number of methoxy groups -OCH3 is 1. The van der Waals surface area contributed by atoms with Crippen LogP contribution in [0.4, 0.5) is 8.78 Å². The maximum Gasteiger partial charge on any atom is 0.142 e. The fourth-order valence-corrected chi connectivity index (χ4v) is 4.94. The van der Waals surface area contributed by atoms with E-state index in [4.69, 9.17) is 10.00 Å². The number of halogens is 2. The van der Waals surface area contributed by atoms with Crippen LogP contribution in [0.3, 0.4) is 0 Å². The van der Waals surface area contributed by atoms with E-state index in [1.54, 1.807) is 25.4 Å². The van der Waals surface area contributed by atoms with Gasteiger partial charge in [-0.3, -0.25) is 9.88 Å². The van der Waals surface area contributed by atoms with Crippen molar-refractivity contribution in [3.05, 3.63) is 71.2 Å². The molecule has 36 heavy (non-hydrogen) atoms. The fraction of sp³-hybridized carbons (Fsp3) is 0.379. The minimum atomic E-state index is -1.13. The molecule has 7 heteroatoms. The summed E-state index contributed by atoms with van der Waals surface area (Å²) in [6, 6.07) is 13.5. The largest absolute Gasteiger partial charge is 0.497 e. The number of aliphatic hydroxyl groups is 1. The number of alkyl halides is 1. The van der Waals surface area contributed by atoms with Crippen LogP contribution in [0, 0.1) is 40.8 Å². The topological polar surface area (TPSA) is 69.4 Å². The molecule has 0 bridgehead atoms. The highest BCUT2D eigenvalue weighted by atomic mass is 19.1. The van der Waals surface area contributed by atoms with Gasteiger partial charge in [-0.15, -0.1) is 0 Å². The summed E-state index contributed by atoms with van der Waals surface area (Å²) in [6.45, 7) is 1.94. The molecule has 1 saturated heterocycles. The van der Waals surface area contributed by atoms with Crippen molar-refractivity contribution < 1.29 is 18.6 Å². The molecule has 1 fully saturated rings. The first-order valence-electron chi connectivity index (χ1n) is 12.1. The summed E-state index contributed by atoms with van der Waals surface area (Å²) in [4.78, 5) is 6.48. The van der Waals surface area contributed by atoms with Crippen molar-refractivity contribution in [3.8, 4) is 23.7 Å². The second-order valence-corrected chi connectivity index (χ2v) is 9.13. The molecule has 3 atom stereocenters. The Hall–Kier alpha value is -3.52. The summed E-state index contributed by atoms with van der Waals surface area (Å²) in [5.41, 5.74) is 1.68. The second kappa shape index (κ2) is 11.9. The SMILES string of the molecule is COc1ccc2nccc([C@@H](F)CC[C@@H]3CCN(CC#Cc4cccc(F)c4C#N)C[C@@H]3CO)c2c1. The Morgan fingerprint density at radius 3 is 2.89 bits per heavy atom. The Bertz CT molecular complexity index is 1310. The van der Waals surface area contributed by atoms with Gasteiger partial charge in [-0.1, -0.05) is 17.9 Å². The molecular formula is C29H29F2N3O2. The smallest absolute Gasteiger partial charge is 0.142 e. The second-order valence-electron chi connectivity index (χ2n) is 9.13. The maximum atomic E-state index is 15.4. The third-order valence-corrected chi connectivity index (χ3v) is 6.97. The zero-order chi connectivity index (χ0) is 25.5. The van der Waals surface area contributed by atoms with Crippen molar-refractivity contribution in [2.24, 2.45) is 11.8 Å². The Morgan fingerprint density at radius 2 is 2.11 bits per heavy atom. The minimum absolute atomic E-state index is 0.0312. The Kier molecular flexibility index (Phi) is 8.48. The summed E-state index contributed by atoms with van der Waals surface area (Å²) in [7, 11) is 1.59. The highest BCUT2D eigenvalue weighted by molar-refractivity contribution is 5.83. The number of piperidine rings is 1. The lowest BCUT2D eigenvalue weighted by atomic mass is 9.81. The van der Waals surface area contributed by atoms with E-state index in [1.165, 1.54) is 12.1 Å². The summed E-state index contributed by atoms with van der Waals surface area (Å²) in [6.07, 6.45) is 2.39. The molecule has 0 unspecified atom stereocenters. The first-order chi connectivity index (χ1) is 17.5. The quantitative estimate of drug-likeness (QED) is 0.472. The van der Waals surface area contributed by atoms with E-state index in [0.717, 1.165) is 23.9 Å². The summed E-state index contributed by atoms with van der Waals surface area (Å²) < 4.78 is 34.4. The van der Waals surface area contributed by atoms with Crippen LogP contribution in [0.25, 0.3) is 10.9 Å². The molecule has 0 spiro atoms. The molecule has 3 aromatic rings. The molecule has 0 saturated carbocycles. The average molecular weight is 490 g/mol. The van der Waals surface area contributed by atoms with Gasteiger partial charge in [-0.25, -0.2) is 8.78 Å². The van der Waals surface area contributed by atoms with Crippen LogP contribution in [0.15, 0.2) is 48.7 Å². The van der Waals surface area contributed by atoms with Crippen molar-refractivity contribution in [2.75, 3.05) is 33.4 Å². The highest BCUT2D eigenvalue weighted by Gasteiger charge is 2.29.